The Bertz CT molecular complexity index is 1250. The highest BCUT2D eigenvalue weighted by atomic mass is 35.5. The van der Waals surface area contributed by atoms with E-state index in [9.17, 15) is 13.2 Å². The fourth-order valence-corrected chi connectivity index (χ4v) is 3.97. The molecule has 0 unspecified atom stereocenters. The molecule has 0 bridgehead atoms. The summed E-state index contributed by atoms with van der Waals surface area (Å²) in [5.41, 5.74) is 2.17. The molecule has 0 atom stereocenters. The maximum Gasteiger partial charge on any atom is 0.416 e. The normalized spacial score (nSPS) is 14.9. The summed E-state index contributed by atoms with van der Waals surface area (Å²) in [6, 6.07) is 14.6. The molecule has 1 fully saturated rings. The van der Waals surface area contributed by atoms with Crippen molar-refractivity contribution < 1.29 is 13.2 Å². The Hall–Kier alpha value is -3.33. The molecule has 3 heterocycles. The maximum absolute atomic E-state index is 13.0. The van der Waals surface area contributed by atoms with Crippen molar-refractivity contribution in [3.05, 3.63) is 65.2 Å². The van der Waals surface area contributed by atoms with Crippen LogP contribution < -0.4 is 9.80 Å². The molecule has 0 saturated carbocycles. The van der Waals surface area contributed by atoms with E-state index in [2.05, 4.69) is 25.1 Å². The second kappa shape index (κ2) is 7.98. The van der Waals surface area contributed by atoms with Crippen molar-refractivity contribution in [2.45, 2.75) is 6.18 Å². The summed E-state index contributed by atoms with van der Waals surface area (Å²) >= 11 is 6.02. The Morgan fingerprint density at radius 1 is 0.875 bits per heavy atom. The minimum atomic E-state index is -4.35. The molecule has 1 aliphatic rings. The lowest BCUT2D eigenvalue weighted by Gasteiger charge is -2.36. The predicted molar refractivity (Wildman–Crippen MR) is 118 cm³/mol. The van der Waals surface area contributed by atoms with Gasteiger partial charge in [0.05, 0.1) is 16.6 Å². The summed E-state index contributed by atoms with van der Waals surface area (Å²) in [5.74, 6) is 1.33. The van der Waals surface area contributed by atoms with Crippen LogP contribution in [0.4, 0.5) is 24.7 Å². The molecule has 0 aliphatic carbocycles. The third kappa shape index (κ3) is 4.08. The first kappa shape index (κ1) is 20.6. The number of hydrogen-bond acceptors (Lipinski definition) is 5. The highest BCUT2D eigenvalue weighted by Gasteiger charge is 2.31. The molecule has 1 N–H and O–H groups in total. The maximum atomic E-state index is 13.0. The second-order valence-electron chi connectivity index (χ2n) is 7.55. The van der Waals surface area contributed by atoms with E-state index in [0.717, 1.165) is 22.9 Å². The average molecular weight is 459 g/mol. The Kier molecular flexibility index (Phi) is 5.13. The first-order chi connectivity index (χ1) is 15.4. The fourth-order valence-electron chi connectivity index (χ4n) is 3.80. The van der Waals surface area contributed by atoms with Crippen molar-refractivity contribution in [3.8, 4) is 11.5 Å². The minimum Gasteiger partial charge on any atom is -0.368 e. The largest absolute Gasteiger partial charge is 0.416 e. The standard InChI is InChI=1S/C22H18ClF3N6/c23-15-4-5-17-19(13-15)28-21(27-17)18-6-7-20(30-29-18)32-10-8-31(9-11-32)16-3-1-2-14(12-16)22(24,25)26/h1-7,12-13H,8-11H2,(H,27,28). The lowest BCUT2D eigenvalue weighted by atomic mass is 10.1. The quantitative estimate of drug-likeness (QED) is 0.467. The van der Waals surface area contributed by atoms with Gasteiger partial charge in [-0.3, -0.25) is 0 Å². The summed E-state index contributed by atoms with van der Waals surface area (Å²) < 4.78 is 39.0. The topological polar surface area (TPSA) is 60.9 Å². The van der Waals surface area contributed by atoms with E-state index in [1.807, 2.05) is 23.1 Å². The van der Waals surface area contributed by atoms with Gasteiger partial charge in [-0.15, -0.1) is 10.2 Å². The van der Waals surface area contributed by atoms with E-state index in [1.165, 1.54) is 12.1 Å². The third-order valence-corrected chi connectivity index (χ3v) is 5.71. The highest BCUT2D eigenvalue weighted by Crippen LogP contribution is 2.32. The zero-order valence-electron chi connectivity index (χ0n) is 16.8. The van der Waals surface area contributed by atoms with Gasteiger partial charge >= 0.3 is 6.18 Å². The Morgan fingerprint density at radius 2 is 1.66 bits per heavy atom. The number of alkyl halides is 3. The Morgan fingerprint density at radius 3 is 2.38 bits per heavy atom. The third-order valence-electron chi connectivity index (χ3n) is 5.48. The van der Waals surface area contributed by atoms with Crippen molar-refractivity contribution in [1.29, 1.82) is 0 Å². The molecule has 0 radical (unpaired) electrons. The van der Waals surface area contributed by atoms with Crippen LogP contribution in [0.3, 0.4) is 0 Å². The van der Waals surface area contributed by atoms with E-state index in [-0.39, 0.29) is 0 Å². The first-order valence-corrected chi connectivity index (χ1v) is 10.4. The number of aromatic amines is 1. The molecule has 4 aromatic rings. The van der Waals surface area contributed by atoms with Gasteiger partial charge in [0.15, 0.2) is 11.6 Å². The van der Waals surface area contributed by atoms with Crippen LogP contribution >= 0.6 is 11.6 Å². The van der Waals surface area contributed by atoms with E-state index < -0.39 is 11.7 Å². The summed E-state index contributed by atoms with van der Waals surface area (Å²) in [7, 11) is 0. The number of aromatic nitrogens is 4. The molecule has 2 aromatic heterocycles. The van der Waals surface area contributed by atoms with Crippen molar-refractivity contribution in [3.63, 3.8) is 0 Å². The highest BCUT2D eigenvalue weighted by molar-refractivity contribution is 6.31. The molecule has 164 valence electrons. The van der Waals surface area contributed by atoms with Crippen LogP contribution in [0.15, 0.2) is 54.6 Å². The predicted octanol–water partition coefficient (Wildman–Crippen LogP) is 5.02. The summed E-state index contributed by atoms with van der Waals surface area (Å²) in [5, 5.41) is 9.26. The van der Waals surface area contributed by atoms with Crippen molar-refractivity contribution in [2.24, 2.45) is 0 Å². The zero-order chi connectivity index (χ0) is 22.3. The van der Waals surface area contributed by atoms with Crippen LogP contribution in [0.5, 0.6) is 0 Å². The lowest BCUT2D eigenvalue weighted by molar-refractivity contribution is -0.137. The van der Waals surface area contributed by atoms with E-state index in [0.29, 0.717) is 48.4 Å². The van der Waals surface area contributed by atoms with Crippen LogP contribution in [0, 0.1) is 0 Å². The fraction of sp³-hybridized carbons (Fsp3) is 0.227. The number of nitrogens with one attached hydrogen (secondary N) is 1. The monoisotopic (exact) mass is 458 g/mol. The van der Waals surface area contributed by atoms with E-state index in [4.69, 9.17) is 11.6 Å². The smallest absolute Gasteiger partial charge is 0.368 e. The van der Waals surface area contributed by atoms with Gasteiger partial charge in [0.25, 0.3) is 0 Å². The van der Waals surface area contributed by atoms with Crippen LogP contribution in [0.25, 0.3) is 22.6 Å². The van der Waals surface area contributed by atoms with Gasteiger partial charge in [-0.2, -0.15) is 13.2 Å². The number of hydrogen-bond donors (Lipinski definition) is 1. The molecule has 5 rings (SSSR count). The Labute approximate surface area is 186 Å². The number of fused-ring (bicyclic) bond motifs is 1. The number of imidazole rings is 1. The van der Waals surface area contributed by atoms with Crippen molar-refractivity contribution >= 4 is 34.1 Å². The summed E-state index contributed by atoms with van der Waals surface area (Å²) in [4.78, 5) is 11.7. The van der Waals surface area contributed by atoms with Crippen molar-refractivity contribution in [2.75, 3.05) is 36.0 Å². The van der Waals surface area contributed by atoms with Gasteiger partial charge in [-0.1, -0.05) is 17.7 Å². The van der Waals surface area contributed by atoms with Gasteiger partial charge in [-0.25, -0.2) is 4.98 Å². The number of H-pyrrole nitrogens is 1. The lowest BCUT2D eigenvalue weighted by Crippen LogP contribution is -2.47. The number of piperazine rings is 1. The molecule has 2 aromatic carbocycles. The molecule has 0 spiro atoms. The van der Waals surface area contributed by atoms with E-state index in [1.54, 1.807) is 18.2 Å². The van der Waals surface area contributed by atoms with Crippen LogP contribution in [-0.2, 0) is 6.18 Å². The number of anilines is 2. The molecule has 0 amide bonds. The van der Waals surface area contributed by atoms with Crippen LogP contribution in [0.1, 0.15) is 5.56 Å². The van der Waals surface area contributed by atoms with Gasteiger partial charge < -0.3 is 14.8 Å². The average Bonchev–Trinajstić information content (AvgIpc) is 3.22. The van der Waals surface area contributed by atoms with Crippen molar-refractivity contribution in [1.82, 2.24) is 20.2 Å². The van der Waals surface area contributed by atoms with Gasteiger partial charge in [-0.05, 0) is 48.5 Å². The van der Waals surface area contributed by atoms with Gasteiger partial charge in [0, 0.05) is 36.9 Å². The zero-order valence-corrected chi connectivity index (χ0v) is 17.5. The van der Waals surface area contributed by atoms with Crippen LogP contribution in [0.2, 0.25) is 5.02 Å². The second-order valence-corrected chi connectivity index (χ2v) is 7.98. The molecule has 6 nitrogen and oxygen atoms in total. The van der Waals surface area contributed by atoms with Crippen LogP contribution in [-0.4, -0.2) is 46.3 Å². The Balaban J connectivity index is 1.27. The molecule has 32 heavy (non-hydrogen) atoms. The minimum absolute atomic E-state index is 0.575. The molecule has 1 saturated heterocycles. The summed E-state index contributed by atoms with van der Waals surface area (Å²) in [6.45, 7) is 2.45. The molecular formula is C22H18ClF3N6. The number of benzene rings is 2. The van der Waals surface area contributed by atoms with Gasteiger partial charge in [0.1, 0.15) is 5.69 Å². The van der Waals surface area contributed by atoms with Gasteiger partial charge in [0.2, 0.25) is 0 Å². The SMILES string of the molecule is FC(F)(F)c1cccc(N2CCN(c3ccc(-c4nc5ccc(Cl)cc5[nH]4)nn3)CC2)c1. The molecule has 10 heteroatoms. The van der Waals surface area contributed by atoms with E-state index >= 15 is 0 Å². The number of halogens is 4. The number of nitrogens with zero attached hydrogens (tertiary/aromatic N) is 5. The summed E-state index contributed by atoms with van der Waals surface area (Å²) in [6.07, 6.45) is -4.35. The number of rotatable bonds is 3. The molecular weight excluding hydrogens is 441 g/mol. The molecule has 1 aliphatic heterocycles. The first-order valence-electron chi connectivity index (χ1n) is 10.0.